The molecular weight excluding hydrogens is 370 g/mol. The van der Waals surface area contributed by atoms with Crippen LogP contribution in [0.15, 0.2) is 52.9 Å². The quantitative estimate of drug-likeness (QED) is 0.573. The topological polar surface area (TPSA) is 80.9 Å². The molecule has 0 atom stereocenters. The van der Waals surface area contributed by atoms with E-state index in [0.717, 1.165) is 11.1 Å². The fourth-order valence-corrected chi connectivity index (χ4v) is 2.93. The largest absolute Gasteiger partial charge is 0.494 e. The number of benzene rings is 2. The molecule has 3 aromatic rings. The SMILES string of the molecule is CCOc1cc(OCC)cc(C(=O)Nc2cc(-c3ccc(CO)o3)ccc2C)c1. The summed E-state index contributed by atoms with van der Waals surface area (Å²) in [5.74, 6) is 2.02. The lowest BCUT2D eigenvalue weighted by Crippen LogP contribution is -2.13. The number of ether oxygens (including phenoxy) is 2. The van der Waals surface area contributed by atoms with Crippen LogP contribution in [-0.2, 0) is 6.61 Å². The van der Waals surface area contributed by atoms with Crippen molar-refractivity contribution in [2.45, 2.75) is 27.4 Å². The van der Waals surface area contributed by atoms with Gasteiger partial charge in [-0.15, -0.1) is 0 Å². The van der Waals surface area contributed by atoms with Crippen molar-refractivity contribution in [3.05, 3.63) is 65.4 Å². The first-order valence-electron chi connectivity index (χ1n) is 9.56. The molecular formula is C23H25NO5. The molecule has 0 radical (unpaired) electrons. The minimum Gasteiger partial charge on any atom is -0.494 e. The number of nitrogens with one attached hydrogen (secondary N) is 1. The van der Waals surface area contributed by atoms with Crippen LogP contribution < -0.4 is 14.8 Å². The number of carbonyl (C=O) groups excluding carboxylic acids is 1. The Hall–Kier alpha value is -3.25. The molecule has 0 saturated heterocycles. The van der Waals surface area contributed by atoms with E-state index in [9.17, 15) is 9.90 Å². The van der Waals surface area contributed by atoms with E-state index in [1.54, 1.807) is 30.3 Å². The van der Waals surface area contributed by atoms with Crippen LogP contribution in [0.1, 0.15) is 35.5 Å². The number of carbonyl (C=O) groups is 1. The highest BCUT2D eigenvalue weighted by atomic mass is 16.5. The molecule has 6 nitrogen and oxygen atoms in total. The first-order chi connectivity index (χ1) is 14.0. The lowest BCUT2D eigenvalue weighted by Gasteiger charge is -2.13. The second-order valence-electron chi connectivity index (χ2n) is 6.47. The van der Waals surface area contributed by atoms with Crippen molar-refractivity contribution in [3.8, 4) is 22.8 Å². The molecule has 1 heterocycles. The van der Waals surface area contributed by atoms with E-state index in [2.05, 4.69) is 5.32 Å². The lowest BCUT2D eigenvalue weighted by atomic mass is 10.1. The van der Waals surface area contributed by atoms with Crippen LogP contribution in [0.3, 0.4) is 0 Å². The van der Waals surface area contributed by atoms with Gasteiger partial charge in [-0.05, 0) is 56.7 Å². The van der Waals surface area contributed by atoms with E-state index in [-0.39, 0.29) is 12.5 Å². The van der Waals surface area contributed by atoms with E-state index < -0.39 is 0 Å². The van der Waals surface area contributed by atoms with Crippen molar-refractivity contribution in [3.63, 3.8) is 0 Å². The van der Waals surface area contributed by atoms with Gasteiger partial charge in [0.05, 0.1) is 13.2 Å². The fraction of sp³-hybridized carbons (Fsp3) is 0.261. The summed E-state index contributed by atoms with van der Waals surface area (Å²) in [6, 6.07) is 14.3. The van der Waals surface area contributed by atoms with Gasteiger partial charge in [-0.1, -0.05) is 12.1 Å². The number of aliphatic hydroxyl groups excluding tert-OH is 1. The number of aryl methyl sites for hydroxylation is 1. The van der Waals surface area contributed by atoms with E-state index >= 15 is 0 Å². The Morgan fingerprint density at radius 3 is 2.28 bits per heavy atom. The van der Waals surface area contributed by atoms with Crippen molar-refractivity contribution in [1.82, 2.24) is 0 Å². The summed E-state index contributed by atoms with van der Waals surface area (Å²) in [6.45, 7) is 6.53. The van der Waals surface area contributed by atoms with Crippen molar-refractivity contribution >= 4 is 11.6 Å². The molecule has 0 aliphatic rings. The Balaban J connectivity index is 1.87. The second-order valence-corrected chi connectivity index (χ2v) is 6.47. The smallest absolute Gasteiger partial charge is 0.255 e. The summed E-state index contributed by atoms with van der Waals surface area (Å²) in [4.78, 5) is 12.9. The predicted molar refractivity (Wildman–Crippen MR) is 112 cm³/mol. The molecule has 2 N–H and O–H groups in total. The fourth-order valence-electron chi connectivity index (χ4n) is 2.93. The molecule has 0 bridgehead atoms. The van der Waals surface area contributed by atoms with Crippen LogP contribution >= 0.6 is 0 Å². The highest BCUT2D eigenvalue weighted by molar-refractivity contribution is 6.05. The monoisotopic (exact) mass is 395 g/mol. The molecule has 1 amide bonds. The van der Waals surface area contributed by atoms with Gasteiger partial charge in [0.15, 0.2) is 0 Å². The average molecular weight is 395 g/mol. The maximum Gasteiger partial charge on any atom is 0.255 e. The predicted octanol–water partition coefficient (Wildman–Crippen LogP) is 4.80. The van der Waals surface area contributed by atoms with E-state index in [1.807, 2.05) is 39.0 Å². The van der Waals surface area contributed by atoms with Crippen LogP contribution in [0.4, 0.5) is 5.69 Å². The number of anilines is 1. The van der Waals surface area contributed by atoms with Crippen LogP contribution in [0.5, 0.6) is 11.5 Å². The van der Waals surface area contributed by atoms with Crippen molar-refractivity contribution in [2.24, 2.45) is 0 Å². The van der Waals surface area contributed by atoms with Gasteiger partial charge in [0.25, 0.3) is 5.91 Å². The van der Waals surface area contributed by atoms with Gasteiger partial charge in [0.2, 0.25) is 0 Å². The van der Waals surface area contributed by atoms with Crippen molar-refractivity contribution in [2.75, 3.05) is 18.5 Å². The van der Waals surface area contributed by atoms with Gasteiger partial charge >= 0.3 is 0 Å². The van der Waals surface area contributed by atoms with Crippen LogP contribution in [0.2, 0.25) is 0 Å². The Labute approximate surface area is 170 Å². The maximum atomic E-state index is 12.9. The van der Waals surface area contributed by atoms with Gasteiger partial charge in [-0.2, -0.15) is 0 Å². The normalized spacial score (nSPS) is 10.6. The minimum atomic E-state index is -0.261. The van der Waals surface area contributed by atoms with Crippen molar-refractivity contribution in [1.29, 1.82) is 0 Å². The molecule has 0 fully saturated rings. The number of furan rings is 1. The molecule has 3 rings (SSSR count). The Morgan fingerprint density at radius 1 is 1.00 bits per heavy atom. The molecule has 0 saturated carbocycles. The van der Waals surface area contributed by atoms with Gasteiger partial charge < -0.3 is 24.3 Å². The third kappa shape index (κ3) is 4.97. The summed E-state index contributed by atoms with van der Waals surface area (Å²) in [5.41, 5.74) is 2.85. The lowest BCUT2D eigenvalue weighted by molar-refractivity contribution is 0.102. The molecule has 0 unspecified atom stereocenters. The van der Waals surface area contributed by atoms with Crippen molar-refractivity contribution < 1.29 is 23.8 Å². The zero-order valence-corrected chi connectivity index (χ0v) is 16.8. The molecule has 152 valence electrons. The zero-order chi connectivity index (χ0) is 20.8. The molecule has 0 aliphatic carbocycles. The Kier molecular flexibility index (Phi) is 6.57. The van der Waals surface area contributed by atoms with E-state index in [4.69, 9.17) is 13.9 Å². The zero-order valence-electron chi connectivity index (χ0n) is 16.8. The summed E-state index contributed by atoms with van der Waals surface area (Å²) < 4.78 is 16.7. The standard InChI is InChI=1S/C23H25NO5/c1-4-27-19-10-17(11-20(13-19)28-5-2)23(26)24-21-12-16(7-6-15(21)3)22-9-8-18(14-25)29-22/h6-13,25H,4-5,14H2,1-3H3,(H,24,26). The molecule has 2 aromatic carbocycles. The van der Waals surface area contributed by atoms with Crippen LogP contribution in [-0.4, -0.2) is 24.2 Å². The number of amides is 1. The summed E-state index contributed by atoms with van der Waals surface area (Å²) in [7, 11) is 0. The number of hydrogen-bond donors (Lipinski definition) is 2. The molecule has 29 heavy (non-hydrogen) atoms. The highest BCUT2D eigenvalue weighted by Gasteiger charge is 2.13. The second kappa shape index (κ2) is 9.30. The van der Waals surface area contributed by atoms with Gasteiger partial charge in [0, 0.05) is 22.9 Å². The Bertz CT molecular complexity index is 968. The average Bonchev–Trinajstić information content (AvgIpc) is 3.19. The molecule has 0 aliphatic heterocycles. The van der Waals surface area contributed by atoms with Gasteiger partial charge in [-0.25, -0.2) is 0 Å². The summed E-state index contributed by atoms with van der Waals surface area (Å²) in [5, 5.41) is 12.1. The van der Waals surface area contributed by atoms with E-state index in [0.29, 0.717) is 47.5 Å². The molecule has 6 heteroatoms. The highest BCUT2D eigenvalue weighted by Crippen LogP contribution is 2.28. The maximum absolute atomic E-state index is 12.9. The first-order valence-corrected chi connectivity index (χ1v) is 9.56. The third-order valence-electron chi connectivity index (χ3n) is 4.35. The van der Waals surface area contributed by atoms with Crippen LogP contribution in [0, 0.1) is 6.92 Å². The van der Waals surface area contributed by atoms with E-state index in [1.165, 1.54) is 0 Å². The molecule has 0 spiro atoms. The number of hydrogen-bond acceptors (Lipinski definition) is 5. The number of rotatable bonds is 8. The number of aliphatic hydroxyl groups is 1. The first kappa shape index (κ1) is 20.5. The molecule has 1 aromatic heterocycles. The summed E-state index contributed by atoms with van der Waals surface area (Å²) in [6.07, 6.45) is 0. The Morgan fingerprint density at radius 2 is 1.69 bits per heavy atom. The van der Waals surface area contributed by atoms with Crippen LogP contribution in [0.25, 0.3) is 11.3 Å². The van der Waals surface area contributed by atoms with Gasteiger partial charge in [-0.3, -0.25) is 4.79 Å². The van der Waals surface area contributed by atoms with Gasteiger partial charge in [0.1, 0.15) is 29.6 Å². The third-order valence-corrected chi connectivity index (χ3v) is 4.35. The minimum absolute atomic E-state index is 0.159. The summed E-state index contributed by atoms with van der Waals surface area (Å²) >= 11 is 0.